The number of hydrogen-bond donors (Lipinski definition) is 2. The Morgan fingerprint density at radius 2 is 2.11 bits per heavy atom. The Balaban J connectivity index is 2.12. The van der Waals surface area contributed by atoms with E-state index in [1.54, 1.807) is 18.2 Å². The Labute approximate surface area is 104 Å². The van der Waals surface area contributed by atoms with Crippen LogP contribution in [0.2, 0.25) is 0 Å². The van der Waals surface area contributed by atoms with Gasteiger partial charge in [-0.3, -0.25) is 0 Å². The Hall–Kier alpha value is -2.24. The third kappa shape index (κ3) is 3.13. The first-order valence-electron chi connectivity index (χ1n) is 5.74. The molecule has 0 aliphatic rings. The van der Waals surface area contributed by atoms with Crippen LogP contribution in [0.3, 0.4) is 0 Å². The number of para-hydroxylation sites is 1. The molecule has 5 nitrogen and oxygen atoms in total. The number of nitrogens with one attached hydrogen (secondary N) is 2. The summed E-state index contributed by atoms with van der Waals surface area (Å²) in [6, 6.07) is 6.40. The van der Waals surface area contributed by atoms with E-state index in [9.17, 15) is 4.39 Å². The van der Waals surface area contributed by atoms with E-state index in [0.29, 0.717) is 17.5 Å². The predicted octanol–water partition coefficient (Wildman–Crippen LogP) is 2.58. The zero-order valence-electron chi connectivity index (χ0n) is 10.0. The maximum absolute atomic E-state index is 13.4. The average Bonchev–Trinajstić information content (AvgIpc) is 2.40. The monoisotopic (exact) mass is 247 g/mol. The van der Waals surface area contributed by atoms with Crippen LogP contribution in [0.15, 0.2) is 30.5 Å². The van der Waals surface area contributed by atoms with Crippen molar-refractivity contribution in [2.24, 2.45) is 0 Å². The van der Waals surface area contributed by atoms with Gasteiger partial charge in [-0.05, 0) is 18.6 Å². The molecule has 2 rings (SSSR count). The molecule has 0 radical (unpaired) electrons. The number of benzene rings is 1. The molecule has 1 aromatic carbocycles. The molecule has 0 aliphatic heterocycles. The van der Waals surface area contributed by atoms with Gasteiger partial charge in [-0.1, -0.05) is 19.1 Å². The second-order valence-electron chi connectivity index (χ2n) is 3.70. The van der Waals surface area contributed by atoms with E-state index in [4.69, 9.17) is 0 Å². The highest BCUT2D eigenvalue weighted by atomic mass is 19.1. The lowest BCUT2D eigenvalue weighted by Crippen LogP contribution is -2.07. The van der Waals surface area contributed by atoms with Crippen LogP contribution in [0.1, 0.15) is 13.3 Å². The van der Waals surface area contributed by atoms with Gasteiger partial charge in [0, 0.05) is 6.54 Å². The molecule has 0 bridgehead atoms. The second-order valence-corrected chi connectivity index (χ2v) is 3.70. The summed E-state index contributed by atoms with van der Waals surface area (Å²) in [5, 5.41) is 13.5. The Kier molecular flexibility index (Phi) is 4.01. The lowest BCUT2D eigenvalue weighted by atomic mass is 10.3. The first-order chi connectivity index (χ1) is 8.79. The van der Waals surface area contributed by atoms with Gasteiger partial charge in [0.05, 0.1) is 11.9 Å². The molecular weight excluding hydrogens is 233 g/mol. The van der Waals surface area contributed by atoms with Crippen LogP contribution < -0.4 is 10.6 Å². The normalized spacial score (nSPS) is 10.1. The smallest absolute Gasteiger partial charge is 0.244 e. The maximum Gasteiger partial charge on any atom is 0.244 e. The summed E-state index contributed by atoms with van der Waals surface area (Å²) in [5.41, 5.74) is 0.361. The summed E-state index contributed by atoms with van der Waals surface area (Å²) < 4.78 is 13.4. The van der Waals surface area contributed by atoms with Crippen LogP contribution in [-0.2, 0) is 0 Å². The number of anilines is 3. The van der Waals surface area contributed by atoms with Gasteiger partial charge in [0.15, 0.2) is 5.82 Å². The largest absolute Gasteiger partial charge is 0.353 e. The molecule has 6 heteroatoms. The molecular formula is C12H14FN5. The standard InChI is InChI=1S/C12H14FN5/c1-2-7-14-12-17-11(8-15-18-12)16-10-6-4-3-5-9(10)13/h3-6,8H,2,7H2,1H3,(H2,14,16,17,18). The van der Waals surface area contributed by atoms with Gasteiger partial charge in [-0.2, -0.15) is 10.1 Å². The van der Waals surface area contributed by atoms with E-state index in [-0.39, 0.29) is 5.82 Å². The van der Waals surface area contributed by atoms with Crippen molar-refractivity contribution in [2.45, 2.75) is 13.3 Å². The summed E-state index contributed by atoms with van der Waals surface area (Å²) in [6.45, 7) is 2.81. The van der Waals surface area contributed by atoms with Crippen molar-refractivity contribution in [3.63, 3.8) is 0 Å². The van der Waals surface area contributed by atoms with Gasteiger partial charge < -0.3 is 10.6 Å². The molecule has 0 saturated carbocycles. The van der Waals surface area contributed by atoms with Crippen LogP contribution >= 0.6 is 0 Å². The molecule has 0 unspecified atom stereocenters. The molecule has 0 saturated heterocycles. The summed E-state index contributed by atoms with van der Waals surface area (Å²) in [7, 11) is 0. The fraction of sp³-hybridized carbons (Fsp3) is 0.250. The Morgan fingerprint density at radius 3 is 2.89 bits per heavy atom. The SMILES string of the molecule is CCCNc1nncc(Nc2ccccc2F)n1. The highest BCUT2D eigenvalue weighted by Crippen LogP contribution is 2.17. The molecule has 0 amide bonds. The highest BCUT2D eigenvalue weighted by Gasteiger charge is 2.03. The van der Waals surface area contributed by atoms with E-state index in [1.807, 2.05) is 6.92 Å². The van der Waals surface area contributed by atoms with E-state index in [2.05, 4.69) is 25.8 Å². The lowest BCUT2D eigenvalue weighted by molar-refractivity contribution is 0.631. The van der Waals surface area contributed by atoms with Gasteiger partial charge in [0.1, 0.15) is 5.82 Å². The molecule has 0 aliphatic carbocycles. The number of halogens is 1. The van der Waals surface area contributed by atoms with Crippen molar-refractivity contribution < 1.29 is 4.39 Å². The van der Waals surface area contributed by atoms with Gasteiger partial charge in [0.25, 0.3) is 0 Å². The van der Waals surface area contributed by atoms with Crippen LogP contribution in [0.25, 0.3) is 0 Å². The first-order valence-corrected chi connectivity index (χ1v) is 5.74. The third-order valence-corrected chi connectivity index (χ3v) is 2.23. The van der Waals surface area contributed by atoms with E-state index in [0.717, 1.165) is 13.0 Å². The van der Waals surface area contributed by atoms with Gasteiger partial charge in [-0.15, -0.1) is 5.10 Å². The molecule has 0 spiro atoms. The summed E-state index contributed by atoms with van der Waals surface area (Å²) in [6.07, 6.45) is 2.41. The van der Waals surface area contributed by atoms with E-state index >= 15 is 0 Å². The molecule has 94 valence electrons. The minimum Gasteiger partial charge on any atom is -0.353 e. The van der Waals surface area contributed by atoms with Crippen LogP contribution in [0, 0.1) is 5.82 Å². The molecule has 2 N–H and O–H groups in total. The van der Waals surface area contributed by atoms with Crippen molar-refractivity contribution in [1.82, 2.24) is 15.2 Å². The van der Waals surface area contributed by atoms with Crippen molar-refractivity contribution in [2.75, 3.05) is 17.2 Å². The van der Waals surface area contributed by atoms with Gasteiger partial charge in [0.2, 0.25) is 5.95 Å². The highest BCUT2D eigenvalue weighted by molar-refractivity contribution is 5.56. The molecule has 1 heterocycles. The first kappa shape index (κ1) is 12.2. The van der Waals surface area contributed by atoms with Crippen LogP contribution in [0.4, 0.5) is 21.8 Å². The average molecular weight is 247 g/mol. The number of rotatable bonds is 5. The summed E-state index contributed by atoms with van der Waals surface area (Å²) in [4.78, 5) is 4.18. The van der Waals surface area contributed by atoms with Crippen molar-refractivity contribution >= 4 is 17.5 Å². The number of hydrogen-bond acceptors (Lipinski definition) is 5. The zero-order chi connectivity index (χ0) is 12.8. The fourth-order valence-corrected chi connectivity index (χ4v) is 1.38. The van der Waals surface area contributed by atoms with Crippen LogP contribution in [-0.4, -0.2) is 21.7 Å². The van der Waals surface area contributed by atoms with Crippen molar-refractivity contribution in [1.29, 1.82) is 0 Å². The zero-order valence-corrected chi connectivity index (χ0v) is 10.0. The van der Waals surface area contributed by atoms with Gasteiger partial charge in [-0.25, -0.2) is 4.39 Å². The third-order valence-electron chi connectivity index (χ3n) is 2.23. The number of nitrogens with zero attached hydrogens (tertiary/aromatic N) is 3. The Bertz CT molecular complexity index is 517. The summed E-state index contributed by atoms with van der Waals surface area (Å²) >= 11 is 0. The van der Waals surface area contributed by atoms with Crippen LogP contribution in [0.5, 0.6) is 0 Å². The minimum absolute atomic E-state index is 0.334. The summed E-state index contributed by atoms with van der Waals surface area (Å²) in [5.74, 6) is 0.547. The topological polar surface area (TPSA) is 62.7 Å². The fourth-order valence-electron chi connectivity index (χ4n) is 1.38. The molecule has 2 aromatic rings. The maximum atomic E-state index is 13.4. The van der Waals surface area contributed by atoms with Crippen molar-refractivity contribution in [3.05, 3.63) is 36.3 Å². The lowest BCUT2D eigenvalue weighted by Gasteiger charge is -2.07. The van der Waals surface area contributed by atoms with E-state index in [1.165, 1.54) is 12.3 Å². The molecule has 0 atom stereocenters. The molecule has 0 fully saturated rings. The Morgan fingerprint density at radius 1 is 1.28 bits per heavy atom. The molecule has 1 aromatic heterocycles. The van der Waals surface area contributed by atoms with Crippen molar-refractivity contribution in [3.8, 4) is 0 Å². The second kappa shape index (κ2) is 5.90. The number of aromatic nitrogens is 3. The van der Waals surface area contributed by atoms with Gasteiger partial charge >= 0.3 is 0 Å². The predicted molar refractivity (Wildman–Crippen MR) is 68.3 cm³/mol. The van der Waals surface area contributed by atoms with E-state index < -0.39 is 0 Å². The quantitative estimate of drug-likeness (QED) is 0.850. The minimum atomic E-state index is -0.334. The molecule has 18 heavy (non-hydrogen) atoms.